The van der Waals surface area contributed by atoms with E-state index in [-0.39, 0.29) is 5.78 Å². The summed E-state index contributed by atoms with van der Waals surface area (Å²) in [6.45, 7) is 2.09. The highest BCUT2D eigenvalue weighted by atomic mass is 79.9. The smallest absolute Gasteiger partial charge is 0.192 e. The Labute approximate surface area is 143 Å². The van der Waals surface area contributed by atoms with E-state index < -0.39 is 0 Å². The van der Waals surface area contributed by atoms with E-state index in [9.17, 15) is 4.79 Å². The third-order valence-corrected chi connectivity index (χ3v) is 5.25. The van der Waals surface area contributed by atoms with E-state index in [4.69, 9.17) is 0 Å². The topological polar surface area (TPSA) is 30.0 Å². The zero-order valence-electron chi connectivity index (χ0n) is 12.5. The Morgan fingerprint density at radius 2 is 2.00 bits per heavy atom. The maximum atomic E-state index is 12.0. The van der Waals surface area contributed by atoms with Gasteiger partial charge in [0.25, 0.3) is 0 Å². The molecule has 2 aromatic rings. The molecule has 0 radical (unpaired) electrons. The molecule has 0 spiro atoms. The molecule has 0 aliphatic heterocycles. The van der Waals surface area contributed by atoms with E-state index in [2.05, 4.69) is 58.2 Å². The van der Waals surface area contributed by atoms with E-state index in [1.165, 1.54) is 18.4 Å². The number of hydrogen-bond donors (Lipinski definition) is 0. The van der Waals surface area contributed by atoms with Crippen LogP contribution in [-0.4, -0.2) is 21.9 Å². The summed E-state index contributed by atoms with van der Waals surface area (Å²) in [5.74, 6) is 1.73. The quantitative estimate of drug-likeness (QED) is 0.389. The number of thioether (sulfide) groups is 1. The van der Waals surface area contributed by atoms with Crippen molar-refractivity contribution in [1.29, 1.82) is 0 Å². The van der Waals surface area contributed by atoms with Crippen molar-refractivity contribution in [3.05, 3.63) is 47.8 Å². The van der Waals surface area contributed by atoms with Gasteiger partial charge < -0.3 is 0 Å². The number of Topliss-reactive ketones (excluding diaryl/α,β-unsaturated/α-hetero) is 1. The fourth-order valence-corrected chi connectivity index (χ4v) is 3.60. The highest BCUT2D eigenvalue weighted by Gasteiger charge is 2.23. The number of halogens is 1. The van der Waals surface area contributed by atoms with Crippen LogP contribution in [0.5, 0.6) is 0 Å². The number of benzene rings is 1. The Morgan fingerprint density at radius 1 is 1.27 bits per heavy atom. The van der Waals surface area contributed by atoms with Gasteiger partial charge in [-0.25, -0.2) is 0 Å². The average molecular weight is 376 g/mol. The number of ketones is 1. The Bertz CT molecular complexity index is 680. The van der Waals surface area contributed by atoms with E-state index in [0.717, 1.165) is 27.7 Å². The SMILES string of the molecule is CCSc1cc(-c2ccc(C3CC3)cc2)cnc1C(=O)CBr. The number of alkyl halides is 1. The maximum Gasteiger partial charge on any atom is 0.192 e. The molecule has 0 atom stereocenters. The van der Waals surface area contributed by atoms with Crippen molar-refractivity contribution in [2.75, 3.05) is 11.1 Å². The van der Waals surface area contributed by atoms with E-state index in [1.807, 2.05) is 6.20 Å². The van der Waals surface area contributed by atoms with Crippen LogP contribution in [0.25, 0.3) is 11.1 Å². The molecular weight excluding hydrogens is 358 g/mol. The van der Waals surface area contributed by atoms with Crippen LogP contribution in [0.4, 0.5) is 0 Å². The third-order valence-electron chi connectivity index (χ3n) is 3.83. The minimum atomic E-state index is 0.0339. The first-order chi connectivity index (χ1) is 10.7. The second kappa shape index (κ2) is 6.97. The second-order valence-corrected chi connectivity index (χ2v) is 7.32. The highest BCUT2D eigenvalue weighted by Crippen LogP contribution is 2.40. The molecule has 1 fully saturated rings. The molecule has 114 valence electrons. The molecule has 3 rings (SSSR count). The minimum absolute atomic E-state index is 0.0339. The van der Waals surface area contributed by atoms with Crippen molar-refractivity contribution in [2.45, 2.75) is 30.6 Å². The van der Waals surface area contributed by atoms with E-state index in [0.29, 0.717) is 11.0 Å². The monoisotopic (exact) mass is 375 g/mol. The summed E-state index contributed by atoms with van der Waals surface area (Å²) in [5.41, 5.74) is 4.24. The summed E-state index contributed by atoms with van der Waals surface area (Å²) in [5, 5.41) is 0.312. The average Bonchev–Trinajstić information content (AvgIpc) is 3.39. The number of carbonyl (C=O) groups excluding carboxylic acids is 1. The van der Waals surface area contributed by atoms with Crippen molar-refractivity contribution < 1.29 is 4.79 Å². The van der Waals surface area contributed by atoms with Gasteiger partial charge in [0.1, 0.15) is 5.69 Å². The first-order valence-electron chi connectivity index (χ1n) is 7.55. The molecule has 2 nitrogen and oxygen atoms in total. The maximum absolute atomic E-state index is 12.0. The van der Waals surface area contributed by atoms with Crippen LogP contribution in [0.3, 0.4) is 0 Å². The van der Waals surface area contributed by atoms with Crippen molar-refractivity contribution in [1.82, 2.24) is 4.98 Å². The molecule has 0 N–H and O–H groups in total. The zero-order chi connectivity index (χ0) is 15.5. The van der Waals surface area contributed by atoms with Crippen LogP contribution >= 0.6 is 27.7 Å². The molecule has 4 heteroatoms. The Hall–Kier alpha value is -1.13. The lowest BCUT2D eigenvalue weighted by Gasteiger charge is -2.09. The van der Waals surface area contributed by atoms with Gasteiger partial charge in [-0.15, -0.1) is 11.8 Å². The Balaban J connectivity index is 1.92. The summed E-state index contributed by atoms with van der Waals surface area (Å²) in [7, 11) is 0. The standard InChI is InChI=1S/C18H18BrNOS/c1-2-22-17-9-15(11-20-18(17)16(21)10-19)14-7-5-13(6-8-14)12-3-4-12/h5-9,11-12H,2-4,10H2,1H3. The summed E-state index contributed by atoms with van der Waals surface area (Å²) in [6.07, 6.45) is 4.45. The first kappa shape index (κ1) is 15.8. The predicted molar refractivity (Wildman–Crippen MR) is 96.2 cm³/mol. The normalized spacial score (nSPS) is 14.1. The summed E-state index contributed by atoms with van der Waals surface area (Å²) in [6, 6.07) is 10.9. The lowest BCUT2D eigenvalue weighted by molar-refractivity contribution is 0.101. The van der Waals surface area contributed by atoms with Gasteiger partial charge in [0, 0.05) is 16.7 Å². The van der Waals surface area contributed by atoms with Gasteiger partial charge >= 0.3 is 0 Å². The molecule has 1 aromatic heterocycles. The van der Waals surface area contributed by atoms with Crippen LogP contribution in [-0.2, 0) is 0 Å². The van der Waals surface area contributed by atoms with Crippen LogP contribution in [0, 0.1) is 0 Å². The number of carbonyl (C=O) groups is 1. The zero-order valence-corrected chi connectivity index (χ0v) is 14.9. The molecule has 1 saturated carbocycles. The molecular formula is C18H18BrNOS. The van der Waals surface area contributed by atoms with Crippen molar-refractivity contribution >= 4 is 33.5 Å². The number of nitrogens with zero attached hydrogens (tertiary/aromatic N) is 1. The van der Waals surface area contributed by atoms with Crippen LogP contribution < -0.4 is 0 Å². The molecule has 1 aliphatic carbocycles. The number of rotatable bonds is 6. The minimum Gasteiger partial charge on any atom is -0.291 e. The van der Waals surface area contributed by atoms with Gasteiger partial charge in [-0.05, 0) is 41.7 Å². The third kappa shape index (κ3) is 3.44. The van der Waals surface area contributed by atoms with Gasteiger partial charge in [-0.2, -0.15) is 0 Å². The van der Waals surface area contributed by atoms with Crippen molar-refractivity contribution in [3.8, 4) is 11.1 Å². The van der Waals surface area contributed by atoms with Crippen LogP contribution in [0.15, 0.2) is 41.4 Å². The fourth-order valence-electron chi connectivity index (χ4n) is 2.51. The molecule has 0 amide bonds. The van der Waals surface area contributed by atoms with Gasteiger partial charge in [0.05, 0.1) is 5.33 Å². The summed E-state index contributed by atoms with van der Waals surface area (Å²) >= 11 is 4.90. The largest absolute Gasteiger partial charge is 0.291 e. The summed E-state index contributed by atoms with van der Waals surface area (Å²) in [4.78, 5) is 17.3. The lowest BCUT2D eigenvalue weighted by Crippen LogP contribution is -2.05. The van der Waals surface area contributed by atoms with Crippen LogP contribution in [0.2, 0.25) is 0 Å². The molecule has 1 aromatic carbocycles. The van der Waals surface area contributed by atoms with Gasteiger partial charge in [-0.1, -0.05) is 47.1 Å². The molecule has 0 bridgehead atoms. The Morgan fingerprint density at radius 3 is 2.59 bits per heavy atom. The number of hydrogen-bond acceptors (Lipinski definition) is 3. The van der Waals surface area contributed by atoms with Gasteiger partial charge in [0.15, 0.2) is 5.78 Å². The van der Waals surface area contributed by atoms with E-state index in [1.54, 1.807) is 11.8 Å². The molecule has 0 unspecified atom stereocenters. The molecule has 1 heterocycles. The fraction of sp³-hybridized carbons (Fsp3) is 0.333. The number of pyridine rings is 1. The van der Waals surface area contributed by atoms with Gasteiger partial charge in [-0.3, -0.25) is 9.78 Å². The lowest BCUT2D eigenvalue weighted by atomic mass is 10.0. The Kier molecular flexibility index (Phi) is 4.99. The molecule has 22 heavy (non-hydrogen) atoms. The summed E-state index contributed by atoms with van der Waals surface area (Å²) < 4.78 is 0. The van der Waals surface area contributed by atoms with Crippen molar-refractivity contribution in [3.63, 3.8) is 0 Å². The van der Waals surface area contributed by atoms with Crippen molar-refractivity contribution in [2.24, 2.45) is 0 Å². The second-order valence-electron chi connectivity index (χ2n) is 5.46. The molecule has 0 saturated heterocycles. The predicted octanol–water partition coefficient (Wildman–Crippen LogP) is 5.32. The number of aromatic nitrogens is 1. The highest BCUT2D eigenvalue weighted by molar-refractivity contribution is 9.09. The van der Waals surface area contributed by atoms with E-state index >= 15 is 0 Å². The van der Waals surface area contributed by atoms with Crippen LogP contribution in [0.1, 0.15) is 41.7 Å². The first-order valence-corrected chi connectivity index (χ1v) is 9.66. The van der Waals surface area contributed by atoms with Gasteiger partial charge in [0.2, 0.25) is 0 Å². The molecule has 1 aliphatic rings.